The molecule has 204 valence electrons. The number of halogens is 4. The van der Waals surface area contributed by atoms with Crippen molar-refractivity contribution in [2.24, 2.45) is 0 Å². The molecular weight excluding hydrogens is 575 g/mol. The van der Waals surface area contributed by atoms with Gasteiger partial charge in [0.2, 0.25) is 11.0 Å². The van der Waals surface area contributed by atoms with E-state index in [0.717, 1.165) is 34.7 Å². The van der Waals surface area contributed by atoms with Crippen LogP contribution in [0.25, 0.3) is 38.3 Å². The van der Waals surface area contributed by atoms with Gasteiger partial charge < -0.3 is 5.73 Å². The number of nitrogens with zero attached hydrogens (tertiary/aromatic N) is 3. The van der Waals surface area contributed by atoms with Crippen molar-refractivity contribution in [1.29, 1.82) is 0 Å². The standard InChI is InChI=1S/C29H17ClF3N5O2S/c30-19-12-8-17(9-13-19)22-14-21(16-6-10-18(11-7-16)29(31,32)33)24-25(34)26(41-28(24)35-22)27(39)36-23-15-38(37-40-23)20-4-2-1-3-5-20/h1-15H,(H2-,34,36,37,39)/p+1. The van der Waals surface area contributed by atoms with E-state index in [2.05, 4.69) is 10.6 Å². The predicted molar refractivity (Wildman–Crippen MR) is 151 cm³/mol. The molecule has 0 aliphatic rings. The largest absolute Gasteiger partial charge is 0.416 e. The Morgan fingerprint density at radius 1 is 0.976 bits per heavy atom. The maximum atomic E-state index is 13.3. The molecule has 12 heteroatoms. The number of alkyl halides is 3. The smallest absolute Gasteiger partial charge is 0.397 e. The van der Waals surface area contributed by atoms with Crippen LogP contribution in [0.2, 0.25) is 5.02 Å². The Morgan fingerprint density at radius 2 is 1.66 bits per heavy atom. The molecule has 0 aliphatic heterocycles. The third kappa shape index (κ3) is 5.24. The maximum Gasteiger partial charge on any atom is 0.416 e. The fourth-order valence-corrected chi connectivity index (χ4v) is 5.44. The van der Waals surface area contributed by atoms with E-state index in [-0.39, 0.29) is 16.4 Å². The maximum absolute atomic E-state index is 13.3. The van der Waals surface area contributed by atoms with Crippen LogP contribution in [0.3, 0.4) is 0 Å². The van der Waals surface area contributed by atoms with Crippen molar-refractivity contribution < 1.29 is 27.2 Å². The molecule has 0 saturated carbocycles. The summed E-state index contributed by atoms with van der Waals surface area (Å²) in [6.45, 7) is 0. The zero-order chi connectivity index (χ0) is 28.7. The lowest BCUT2D eigenvalue weighted by atomic mass is 9.98. The Bertz CT molecular complexity index is 1890. The summed E-state index contributed by atoms with van der Waals surface area (Å²) in [7, 11) is 0. The summed E-state index contributed by atoms with van der Waals surface area (Å²) in [5.41, 5.74) is 8.88. The Hall–Kier alpha value is -4.74. The normalized spacial score (nSPS) is 11.6. The summed E-state index contributed by atoms with van der Waals surface area (Å²) in [6, 6.07) is 22.7. The lowest BCUT2D eigenvalue weighted by molar-refractivity contribution is -0.670. The molecule has 0 saturated heterocycles. The zero-order valence-electron chi connectivity index (χ0n) is 20.8. The lowest BCUT2D eigenvalue weighted by Gasteiger charge is -2.11. The molecule has 0 atom stereocenters. The van der Waals surface area contributed by atoms with Crippen LogP contribution in [0.15, 0.2) is 95.6 Å². The van der Waals surface area contributed by atoms with Crippen molar-refractivity contribution in [2.75, 3.05) is 11.1 Å². The summed E-state index contributed by atoms with van der Waals surface area (Å²) in [6.07, 6.45) is -2.96. The average Bonchev–Trinajstić information content (AvgIpc) is 3.57. The number of nitrogens with two attached hydrogens (primary N) is 1. The number of benzene rings is 3. The van der Waals surface area contributed by atoms with Gasteiger partial charge in [-0.3, -0.25) is 14.6 Å². The molecule has 3 heterocycles. The van der Waals surface area contributed by atoms with Crippen LogP contribution in [0.1, 0.15) is 15.2 Å². The topological polar surface area (TPSA) is 97.9 Å². The van der Waals surface area contributed by atoms with Crippen LogP contribution in [0, 0.1) is 0 Å². The minimum atomic E-state index is -4.48. The molecule has 0 fully saturated rings. The van der Waals surface area contributed by atoms with E-state index >= 15 is 0 Å². The first-order chi connectivity index (χ1) is 19.7. The molecule has 0 bridgehead atoms. The molecular formula is C29H18ClF3N5O2S+. The van der Waals surface area contributed by atoms with E-state index in [1.165, 1.54) is 23.0 Å². The number of hydrogen-bond donors (Lipinski definition) is 2. The third-order valence-corrected chi connectivity index (χ3v) is 7.64. The first kappa shape index (κ1) is 26.5. The molecule has 0 radical (unpaired) electrons. The molecule has 3 N–H and O–H groups in total. The molecule has 0 spiro atoms. The van der Waals surface area contributed by atoms with Crippen molar-refractivity contribution in [3.05, 3.63) is 107 Å². The Morgan fingerprint density at radius 3 is 2.34 bits per heavy atom. The molecule has 3 aromatic carbocycles. The van der Waals surface area contributed by atoms with E-state index in [1.54, 1.807) is 30.3 Å². The van der Waals surface area contributed by atoms with Gasteiger partial charge in [0.15, 0.2) is 0 Å². The fraction of sp³-hybridized carbons (Fsp3) is 0.0345. The highest BCUT2D eigenvalue weighted by Gasteiger charge is 2.30. The van der Waals surface area contributed by atoms with E-state index in [1.807, 2.05) is 30.3 Å². The fourth-order valence-electron chi connectivity index (χ4n) is 4.30. The number of thiophene rings is 1. The number of pyridine rings is 1. The molecule has 41 heavy (non-hydrogen) atoms. The number of rotatable bonds is 5. The van der Waals surface area contributed by atoms with Crippen LogP contribution in [-0.2, 0) is 6.18 Å². The first-order valence-electron chi connectivity index (χ1n) is 12.1. The van der Waals surface area contributed by atoms with Crippen LogP contribution in [0.4, 0.5) is 24.7 Å². The van der Waals surface area contributed by atoms with Gasteiger partial charge in [-0.1, -0.05) is 54.1 Å². The summed E-state index contributed by atoms with van der Waals surface area (Å²) < 4.78 is 46.4. The lowest BCUT2D eigenvalue weighted by Crippen LogP contribution is -2.31. The third-order valence-electron chi connectivity index (χ3n) is 6.29. The van der Waals surface area contributed by atoms with Crippen molar-refractivity contribution in [3.63, 3.8) is 0 Å². The van der Waals surface area contributed by atoms with Gasteiger partial charge in [0.05, 0.1) is 16.9 Å². The van der Waals surface area contributed by atoms with Crippen molar-refractivity contribution in [1.82, 2.24) is 10.3 Å². The molecule has 6 aromatic rings. The summed E-state index contributed by atoms with van der Waals surface area (Å²) >= 11 is 7.11. The number of nitrogen functional groups attached to an aromatic ring is 1. The number of aromatic nitrogens is 3. The molecule has 6 rings (SSSR count). The highest BCUT2D eigenvalue weighted by atomic mass is 35.5. The van der Waals surface area contributed by atoms with Gasteiger partial charge in [0.25, 0.3) is 12.1 Å². The highest BCUT2D eigenvalue weighted by molar-refractivity contribution is 7.21. The van der Waals surface area contributed by atoms with Crippen LogP contribution < -0.4 is 15.7 Å². The summed E-state index contributed by atoms with van der Waals surface area (Å²) in [5, 5.41) is 7.58. The van der Waals surface area contributed by atoms with Crippen LogP contribution in [-0.4, -0.2) is 16.2 Å². The molecule has 0 aliphatic carbocycles. The Balaban J connectivity index is 1.42. The van der Waals surface area contributed by atoms with Crippen LogP contribution in [0.5, 0.6) is 0 Å². The van der Waals surface area contributed by atoms with Crippen molar-refractivity contribution >= 4 is 50.6 Å². The van der Waals surface area contributed by atoms with Gasteiger partial charge in [0.1, 0.15) is 9.71 Å². The molecule has 0 unspecified atom stereocenters. The number of nitrogens with one attached hydrogen (secondary N) is 1. The average molecular weight is 593 g/mol. The minimum Gasteiger partial charge on any atom is -0.397 e. The van der Waals surface area contributed by atoms with Gasteiger partial charge in [-0.2, -0.15) is 13.2 Å². The number of hydrogen-bond acceptors (Lipinski definition) is 6. The molecule has 3 aromatic heterocycles. The van der Waals surface area contributed by atoms with Crippen LogP contribution >= 0.6 is 22.9 Å². The molecule has 1 amide bonds. The summed E-state index contributed by atoms with van der Waals surface area (Å²) in [5.74, 6) is -0.457. The van der Waals surface area contributed by atoms with E-state index in [4.69, 9.17) is 26.8 Å². The van der Waals surface area contributed by atoms with Gasteiger partial charge in [-0.05, 0) is 46.1 Å². The quantitative estimate of drug-likeness (QED) is 0.203. The van der Waals surface area contributed by atoms with Gasteiger partial charge >= 0.3 is 12.1 Å². The number of amides is 1. The second kappa shape index (κ2) is 10.3. The number of carbonyl (C=O) groups excluding carboxylic acids is 1. The number of anilines is 2. The number of fused-ring (bicyclic) bond motifs is 1. The van der Waals surface area contributed by atoms with Gasteiger partial charge in [-0.15, -0.1) is 11.3 Å². The highest BCUT2D eigenvalue weighted by Crippen LogP contribution is 2.42. The number of para-hydroxylation sites is 1. The van der Waals surface area contributed by atoms with Crippen molar-refractivity contribution in [3.8, 4) is 28.1 Å². The molecule has 7 nitrogen and oxygen atoms in total. The predicted octanol–water partition coefficient (Wildman–Crippen LogP) is 7.40. The summed E-state index contributed by atoms with van der Waals surface area (Å²) in [4.78, 5) is 18.6. The second-order valence-corrected chi connectivity index (χ2v) is 10.4. The van der Waals surface area contributed by atoms with E-state index in [0.29, 0.717) is 32.1 Å². The Labute approximate surface area is 239 Å². The second-order valence-electron chi connectivity index (χ2n) is 8.96. The number of carbonyl (C=O) groups is 1. The zero-order valence-corrected chi connectivity index (χ0v) is 22.4. The SMILES string of the molecule is Nc1c(C(=O)Nc2c[n+](-c3ccccc3)no2)sc2nc(-c3ccc(Cl)cc3)cc(-c3ccc(C(F)(F)F)cc3)c12. The van der Waals surface area contributed by atoms with Gasteiger partial charge in [-0.25, -0.2) is 4.98 Å². The van der Waals surface area contributed by atoms with E-state index in [9.17, 15) is 18.0 Å². The minimum absolute atomic E-state index is 0.0912. The van der Waals surface area contributed by atoms with E-state index < -0.39 is 17.6 Å². The Kier molecular flexibility index (Phi) is 6.68. The van der Waals surface area contributed by atoms with Gasteiger partial charge in [0, 0.05) is 28.1 Å². The van der Waals surface area contributed by atoms with Crippen molar-refractivity contribution in [2.45, 2.75) is 6.18 Å². The first-order valence-corrected chi connectivity index (χ1v) is 13.3. The monoisotopic (exact) mass is 592 g/mol.